The van der Waals surface area contributed by atoms with Crippen LogP contribution in [-0.2, 0) is 13.6 Å². The standard InChI is InChI=1S/C21H40O5Si2/c1-14-15(13-17(22)23)12-16(25-27(8,9)20(2,3)4)18(24)19(14)26-28(10,11)21(5,6)7/h13,16,18-19,24H,1,12H2,2-11H3,(H,22,23). The Hall–Kier alpha value is -0.736. The van der Waals surface area contributed by atoms with Crippen LogP contribution in [0.1, 0.15) is 48.0 Å². The van der Waals surface area contributed by atoms with Gasteiger partial charge in [0, 0.05) is 12.5 Å². The monoisotopic (exact) mass is 428 g/mol. The van der Waals surface area contributed by atoms with E-state index >= 15 is 0 Å². The van der Waals surface area contributed by atoms with E-state index in [1.165, 1.54) is 6.08 Å². The molecule has 1 fully saturated rings. The molecule has 0 amide bonds. The number of aliphatic hydroxyl groups is 1. The summed E-state index contributed by atoms with van der Waals surface area (Å²) in [6, 6.07) is 0. The largest absolute Gasteiger partial charge is 0.478 e. The summed E-state index contributed by atoms with van der Waals surface area (Å²) in [5, 5.41) is 20.4. The molecule has 3 unspecified atom stereocenters. The van der Waals surface area contributed by atoms with Crippen molar-refractivity contribution in [2.45, 2.75) is 103 Å². The highest BCUT2D eigenvalue weighted by Gasteiger charge is 2.48. The maximum atomic E-state index is 11.4. The highest BCUT2D eigenvalue weighted by Crippen LogP contribution is 2.44. The van der Waals surface area contributed by atoms with Gasteiger partial charge in [-0.15, -0.1) is 0 Å². The predicted molar refractivity (Wildman–Crippen MR) is 120 cm³/mol. The minimum Gasteiger partial charge on any atom is -0.478 e. The van der Waals surface area contributed by atoms with Gasteiger partial charge in [0.05, 0.1) is 12.2 Å². The van der Waals surface area contributed by atoms with Gasteiger partial charge in [0.15, 0.2) is 16.6 Å². The van der Waals surface area contributed by atoms with Crippen molar-refractivity contribution in [2.24, 2.45) is 0 Å². The van der Waals surface area contributed by atoms with Crippen LogP contribution < -0.4 is 0 Å². The van der Waals surface area contributed by atoms with Gasteiger partial charge in [-0.05, 0) is 47.4 Å². The zero-order valence-electron chi connectivity index (χ0n) is 19.3. The number of aliphatic carboxylic acids is 1. The predicted octanol–water partition coefficient (Wildman–Crippen LogP) is 5.10. The van der Waals surface area contributed by atoms with Gasteiger partial charge in [0.2, 0.25) is 0 Å². The number of aliphatic hydroxyl groups excluding tert-OH is 1. The molecule has 3 atom stereocenters. The number of carboxylic acid groups (broad SMARTS) is 1. The number of carboxylic acids is 1. The minimum absolute atomic E-state index is 0.0202. The van der Waals surface area contributed by atoms with Crippen LogP contribution in [0.2, 0.25) is 36.3 Å². The van der Waals surface area contributed by atoms with Crippen molar-refractivity contribution in [3.63, 3.8) is 0 Å². The molecule has 5 nitrogen and oxygen atoms in total. The van der Waals surface area contributed by atoms with Crippen LogP contribution in [0.5, 0.6) is 0 Å². The molecule has 0 saturated heterocycles. The van der Waals surface area contributed by atoms with Crippen LogP contribution in [0.4, 0.5) is 0 Å². The Morgan fingerprint density at radius 3 is 1.86 bits per heavy atom. The second-order valence-electron chi connectivity index (χ2n) is 10.9. The van der Waals surface area contributed by atoms with Gasteiger partial charge in [-0.2, -0.15) is 0 Å². The highest BCUT2D eigenvalue weighted by molar-refractivity contribution is 6.74. The van der Waals surface area contributed by atoms with Gasteiger partial charge in [0.25, 0.3) is 0 Å². The van der Waals surface area contributed by atoms with Crippen molar-refractivity contribution in [3.8, 4) is 0 Å². The third kappa shape index (κ3) is 5.66. The highest BCUT2D eigenvalue weighted by atomic mass is 28.4. The molecule has 0 aromatic carbocycles. The molecule has 0 heterocycles. The van der Waals surface area contributed by atoms with Crippen molar-refractivity contribution in [1.82, 2.24) is 0 Å². The van der Waals surface area contributed by atoms with Gasteiger partial charge in [-0.25, -0.2) is 4.79 Å². The first-order valence-electron chi connectivity index (χ1n) is 9.96. The molecule has 0 aromatic rings. The third-order valence-corrected chi connectivity index (χ3v) is 15.6. The molecule has 1 aliphatic rings. The van der Waals surface area contributed by atoms with Gasteiger partial charge >= 0.3 is 5.97 Å². The van der Waals surface area contributed by atoms with Crippen LogP contribution in [0.15, 0.2) is 23.8 Å². The van der Waals surface area contributed by atoms with Gasteiger partial charge < -0.3 is 19.1 Å². The fraction of sp³-hybridized carbons (Fsp3) is 0.762. The summed E-state index contributed by atoms with van der Waals surface area (Å²) < 4.78 is 13.0. The Bertz CT molecular complexity index is 638. The van der Waals surface area contributed by atoms with E-state index < -0.39 is 40.9 Å². The quantitative estimate of drug-likeness (QED) is 0.471. The Labute approximate surface area is 173 Å². The van der Waals surface area contributed by atoms with Crippen LogP contribution in [0.3, 0.4) is 0 Å². The molecule has 0 radical (unpaired) electrons. The molecule has 2 N–H and O–H groups in total. The summed E-state index contributed by atoms with van der Waals surface area (Å²) in [5.41, 5.74) is 1.14. The van der Waals surface area contributed by atoms with Crippen molar-refractivity contribution < 1.29 is 23.9 Å². The SMILES string of the molecule is C=C1C(=CC(=O)O)CC(O[Si](C)(C)C(C)(C)C)C(O)C1O[Si](C)(C)C(C)(C)C. The number of carbonyl (C=O) groups is 1. The van der Waals surface area contributed by atoms with Gasteiger partial charge in [-0.3, -0.25) is 0 Å². The van der Waals surface area contributed by atoms with Crippen molar-refractivity contribution in [2.75, 3.05) is 0 Å². The molecule has 1 aliphatic carbocycles. The van der Waals surface area contributed by atoms with E-state index in [1.54, 1.807) is 0 Å². The summed E-state index contributed by atoms with van der Waals surface area (Å²) in [7, 11) is -4.37. The Morgan fingerprint density at radius 1 is 1.04 bits per heavy atom. The summed E-state index contributed by atoms with van der Waals surface area (Å²) in [6.45, 7) is 25.4. The lowest BCUT2D eigenvalue weighted by Gasteiger charge is -2.47. The van der Waals surface area contributed by atoms with Crippen LogP contribution >= 0.6 is 0 Å². The van der Waals surface area contributed by atoms with Crippen molar-refractivity contribution >= 4 is 22.6 Å². The molecule has 0 bridgehead atoms. The lowest BCUT2D eigenvalue weighted by Crippen LogP contribution is -2.56. The second-order valence-corrected chi connectivity index (χ2v) is 20.5. The maximum Gasteiger partial charge on any atom is 0.328 e. The Morgan fingerprint density at radius 2 is 1.46 bits per heavy atom. The smallest absolute Gasteiger partial charge is 0.328 e. The Kier molecular flexibility index (Phi) is 7.39. The minimum atomic E-state index is -2.21. The molecule has 0 spiro atoms. The maximum absolute atomic E-state index is 11.4. The van der Waals surface area contributed by atoms with Gasteiger partial charge in [0.1, 0.15) is 6.10 Å². The van der Waals surface area contributed by atoms with E-state index in [9.17, 15) is 15.0 Å². The lowest BCUT2D eigenvalue weighted by atomic mass is 9.84. The third-order valence-electron chi connectivity index (χ3n) is 6.65. The zero-order chi connectivity index (χ0) is 22.3. The van der Waals surface area contributed by atoms with Crippen molar-refractivity contribution in [3.05, 3.63) is 23.8 Å². The molecule has 1 saturated carbocycles. The molecule has 28 heavy (non-hydrogen) atoms. The van der Waals surface area contributed by atoms with E-state index in [2.05, 4.69) is 74.3 Å². The number of hydrogen-bond acceptors (Lipinski definition) is 4. The first-order chi connectivity index (χ1) is 12.3. The van der Waals surface area contributed by atoms with Crippen LogP contribution in [0.25, 0.3) is 0 Å². The van der Waals surface area contributed by atoms with E-state index in [1.807, 2.05) is 0 Å². The zero-order valence-corrected chi connectivity index (χ0v) is 21.3. The molecular weight excluding hydrogens is 388 g/mol. The Balaban J connectivity index is 3.31. The summed E-state index contributed by atoms with van der Waals surface area (Å²) in [6.07, 6.45) is -0.530. The molecule has 0 aromatic heterocycles. The number of hydrogen-bond donors (Lipinski definition) is 2. The van der Waals surface area contributed by atoms with Crippen LogP contribution in [-0.4, -0.2) is 51.1 Å². The molecular formula is C21H40O5Si2. The van der Waals surface area contributed by atoms with Crippen molar-refractivity contribution in [1.29, 1.82) is 0 Å². The molecule has 1 rings (SSSR count). The van der Waals surface area contributed by atoms with Crippen LogP contribution in [0, 0.1) is 0 Å². The lowest BCUT2D eigenvalue weighted by molar-refractivity contribution is -0.131. The fourth-order valence-electron chi connectivity index (χ4n) is 2.65. The van der Waals surface area contributed by atoms with Gasteiger partial charge in [-0.1, -0.05) is 48.1 Å². The first-order valence-corrected chi connectivity index (χ1v) is 15.8. The molecule has 0 aliphatic heterocycles. The average molecular weight is 429 g/mol. The summed E-state index contributed by atoms with van der Waals surface area (Å²) in [5.74, 6) is -1.02. The first kappa shape index (κ1) is 25.3. The summed E-state index contributed by atoms with van der Waals surface area (Å²) >= 11 is 0. The van der Waals surface area contributed by atoms with E-state index in [0.29, 0.717) is 17.6 Å². The average Bonchev–Trinajstić information content (AvgIpc) is 2.45. The topological polar surface area (TPSA) is 76.0 Å². The number of rotatable bonds is 5. The summed E-state index contributed by atoms with van der Waals surface area (Å²) in [4.78, 5) is 11.4. The van der Waals surface area contributed by atoms with E-state index in [4.69, 9.17) is 8.85 Å². The van der Waals surface area contributed by atoms with E-state index in [0.717, 1.165) is 0 Å². The second kappa shape index (κ2) is 8.18. The molecule has 7 heteroatoms. The normalized spacial score (nSPS) is 26.6. The fourth-order valence-corrected chi connectivity index (χ4v) is 5.26. The van der Waals surface area contributed by atoms with E-state index in [-0.39, 0.29) is 10.1 Å². The molecule has 162 valence electrons.